The molecule has 0 aliphatic carbocycles. The maximum atomic E-state index is 5.98. The molecule has 174 valence electrons. The Morgan fingerprint density at radius 3 is 1.41 bits per heavy atom. The van der Waals surface area contributed by atoms with E-state index in [9.17, 15) is 0 Å². The predicted molar refractivity (Wildman–Crippen MR) is 149 cm³/mol. The van der Waals surface area contributed by atoms with Gasteiger partial charge in [0.1, 0.15) is 0 Å². The van der Waals surface area contributed by atoms with E-state index in [1.807, 2.05) is 59.2 Å². The minimum atomic E-state index is 0.235. The molecule has 0 saturated heterocycles. The maximum Gasteiger partial charge on any atom is 0.0763 e. The topological polar surface area (TPSA) is 18.5 Å². The maximum absolute atomic E-state index is 5.98. The van der Waals surface area contributed by atoms with Crippen LogP contribution in [-0.4, -0.2) is 59.9 Å². The van der Waals surface area contributed by atoms with Crippen LogP contribution in [0.25, 0.3) is 0 Å². The molecule has 0 N–H and O–H groups in total. The summed E-state index contributed by atoms with van der Waals surface area (Å²) in [6.45, 7) is 8.78. The van der Waals surface area contributed by atoms with Gasteiger partial charge in [0.05, 0.1) is 25.4 Å². The molecule has 2 aromatic carbocycles. The monoisotopic (exact) mass is 506 g/mol. The molecule has 32 heavy (non-hydrogen) atoms. The molecule has 0 aliphatic rings. The van der Waals surface area contributed by atoms with Crippen LogP contribution < -0.4 is 0 Å². The van der Waals surface area contributed by atoms with E-state index in [0.29, 0.717) is 13.2 Å². The van der Waals surface area contributed by atoms with E-state index in [2.05, 4.69) is 73.8 Å². The SMILES string of the molecule is C=CCOC(CSCCSCC(CSc1ccccc1)OCC=C)CSc1ccccc1. The van der Waals surface area contributed by atoms with E-state index < -0.39 is 0 Å². The largest absolute Gasteiger partial charge is 0.372 e. The van der Waals surface area contributed by atoms with Crippen LogP contribution in [0.5, 0.6) is 0 Å². The van der Waals surface area contributed by atoms with Crippen molar-refractivity contribution < 1.29 is 9.47 Å². The van der Waals surface area contributed by atoms with Crippen molar-refractivity contribution in [2.45, 2.75) is 22.0 Å². The first-order valence-electron chi connectivity index (χ1n) is 10.8. The van der Waals surface area contributed by atoms with Gasteiger partial charge in [-0.15, -0.1) is 36.7 Å². The summed E-state index contributed by atoms with van der Waals surface area (Å²) in [6, 6.07) is 21.0. The summed E-state index contributed by atoms with van der Waals surface area (Å²) in [5.41, 5.74) is 0. The quantitative estimate of drug-likeness (QED) is 0.113. The first-order chi connectivity index (χ1) is 15.8. The van der Waals surface area contributed by atoms with Gasteiger partial charge in [-0.05, 0) is 24.3 Å². The first kappa shape index (κ1) is 27.5. The highest BCUT2D eigenvalue weighted by molar-refractivity contribution is 8.03. The summed E-state index contributed by atoms with van der Waals surface area (Å²) in [4.78, 5) is 2.58. The van der Waals surface area contributed by atoms with Crippen LogP contribution in [0, 0.1) is 0 Å². The van der Waals surface area contributed by atoms with Crippen molar-refractivity contribution in [2.24, 2.45) is 0 Å². The highest BCUT2D eigenvalue weighted by Crippen LogP contribution is 2.23. The van der Waals surface area contributed by atoms with Gasteiger partial charge < -0.3 is 9.47 Å². The Balaban J connectivity index is 1.63. The fourth-order valence-corrected chi connectivity index (χ4v) is 7.07. The Morgan fingerprint density at radius 1 is 0.625 bits per heavy atom. The Hall–Kier alpha value is -0.760. The number of benzene rings is 2. The average Bonchev–Trinajstić information content (AvgIpc) is 2.84. The summed E-state index contributed by atoms with van der Waals surface area (Å²) in [5, 5.41) is 0. The smallest absolute Gasteiger partial charge is 0.0763 e. The first-order valence-corrected chi connectivity index (χ1v) is 15.1. The lowest BCUT2D eigenvalue weighted by molar-refractivity contribution is 0.109. The van der Waals surface area contributed by atoms with Gasteiger partial charge in [-0.1, -0.05) is 48.6 Å². The van der Waals surface area contributed by atoms with E-state index in [0.717, 1.165) is 34.5 Å². The summed E-state index contributed by atoms with van der Waals surface area (Å²) >= 11 is 7.66. The van der Waals surface area contributed by atoms with Crippen LogP contribution in [0.3, 0.4) is 0 Å². The standard InChI is InChI=1S/C26H34O2S4/c1-3-15-27-23(21-31-25-11-7-5-8-12-25)19-29-17-18-30-20-24(28-16-4-2)22-32-26-13-9-6-10-14-26/h3-14,23-24H,1-2,15-22H2. The van der Waals surface area contributed by atoms with Crippen molar-refractivity contribution in [3.8, 4) is 0 Å². The zero-order valence-electron chi connectivity index (χ0n) is 18.6. The molecule has 2 rings (SSSR count). The fourth-order valence-electron chi connectivity index (χ4n) is 2.66. The highest BCUT2D eigenvalue weighted by Gasteiger charge is 2.12. The third-order valence-electron chi connectivity index (χ3n) is 4.24. The molecule has 2 aromatic rings. The van der Waals surface area contributed by atoms with Crippen LogP contribution in [0.2, 0.25) is 0 Å². The van der Waals surface area contributed by atoms with Crippen molar-refractivity contribution in [1.82, 2.24) is 0 Å². The molecule has 6 heteroatoms. The third-order valence-corrected chi connectivity index (χ3v) is 8.98. The van der Waals surface area contributed by atoms with Crippen molar-refractivity contribution in [1.29, 1.82) is 0 Å². The van der Waals surface area contributed by atoms with Gasteiger partial charge in [-0.2, -0.15) is 23.5 Å². The molecule has 0 spiro atoms. The second kappa shape index (κ2) is 18.6. The predicted octanol–water partition coefficient (Wildman–Crippen LogP) is 7.18. The Kier molecular flexibility index (Phi) is 16.0. The van der Waals surface area contributed by atoms with Crippen LogP contribution in [0.4, 0.5) is 0 Å². The van der Waals surface area contributed by atoms with Gasteiger partial charge in [0, 0.05) is 44.3 Å². The van der Waals surface area contributed by atoms with Crippen molar-refractivity contribution >= 4 is 47.0 Å². The summed E-state index contributed by atoms with van der Waals surface area (Å²) < 4.78 is 12.0. The summed E-state index contributed by atoms with van der Waals surface area (Å²) in [7, 11) is 0. The molecule has 0 radical (unpaired) electrons. The number of ether oxygens (including phenoxy) is 2. The number of rotatable bonds is 19. The lowest BCUT2D eigenvalue weighted by Gasteiger charge is -2.18. The lowest BCUT2D eigenvalue weighted by atomic mass is 10.4. The molecular weight excluding hydrogens is 473 g/mol. The third kappa shape index (κ3) is 13.1. The summed E-state index contributed by atoms with van der Waals surface area (Å²) in [5.74, 6) is 6.19. The Bertz CT molecular complexity index is 664. The molecule has 0 fully saturated rings. The number of hydrogen-bond acceptors (Lipinski definition) is 6. The van der Waals surface area contributed by atoms with Crippen LogP contribution >= 0.6 is 47.0 Å². The molecule has 0 saturated carbocycles. The molecule has 0 aliphatic heterocycles. The van der Waals surface area contributed by atoms with Crippen LogP contribution in [0.1, 0.15) is 0 Å². The normalized spacial score (nSPS) is 12.9. The fraction of sp³-hybridized carbons (Fsp3) is 0.385. The minimum absolute atomic E-state index is 0.235. The molecule has 0 heterocycles. The van der Waals surface area contributed by atoms with E-state index >= 15 is 0 Å². The van der Waals surface area contributed by atoms with Crippen molar-refractivity contribution in [3.63, 3.8) is 0 Å². The van der Waals surface area contributed by atoms with Crippen LogP contribution in [0.15, 0.2) is 95.8 Å². The van der Waals surface area contributed by atoms with E-state index in [4.69, 9.17) is 9.47 Å². The molecular formula is C26H34O2S4. The van der Waals surface area contributed by atoms with E-state index in [1.165, 1.54) is 9.79 Å². The Labute approximate surface area is 211 Å². The molecule has 2 nitrogen and oxygen atoms in total. The van der Waals surface area contributed by atoms with Gasteiger partial charge in [0.2, 0.25) is 0 Å². The van der Waals surface area contributed by atoms with Gasteiger partial charge in [0.25, 0.3) is 0 Å². The van der Waals surface area contributed by atoms with Crippen molar-refractivity contribution in [2.75, 3.05) is 47.7 Å². The van der Waals surface area contributed by atoms with Gasteiger partial charge in [-0.25, -0.2) is 0 Å². The zero-order valence-corrected chi connectivity index (χ0v) is 21.9. The second-order valence-electron chi connectivity index (χ2n) is 6.89. The number of hydrogen-bond donors (Lipinski definition) is 0. The van der Waals surface area contributed by atoms with E-state index in [1.54, 1.807) is 0 Å². The summed E-state index contributed by atoms with van der Waals surface area (Å²) in [6.07, 6.45) is 4.13. The average molecular weight is 507 g/mol. The lowest BCUT2D eigenvalue weighted by Crippen LogP contribution is -2.20. The van der Waals surface area contributed by atoms with Gasteiger partial charge >= 0.3 is 0 Å². The van der Waals surface area contributed by atoms with E-state index in [-0.39, 0.29) is 12.2 Å². The molecule has 2 unspecified atom stereocenters. The second-order valence-corrected chi connectivity index (χ2v) is 11.4. The van der Waals surface area contributed by atoms with Gasteiger partial charge in [-0.3, -0.25) is 0 Å². The van der Waals surface area contributed by atoms with Crippen molar-refractivity contribution in [3.05, 3.63) is 86.0 Å². The molecule has 0 aromatic heterocycles. The molecule has 0 amide bonds. The highest BCUT2D eigenvalue weighted by atomic mass is 32.2. The molecule has 0 bridgehead atoms. The minimum Gasteiger partial charge on any atom is -0.372 e. The van der Waals surface area contributed by atoms with Gasteiger partial charge in [0.15, 0.2) is 0 Å². The molecule has 2 atom stereocenters. The Morgan fingerprint density at radius 2 is 1.03 bits per heavy atom. The number of thioether (sulfide) groups is 4. The van der Waals surface area contributed by atoms with Crippen LogP contribution in [-0.2, 0) is 9.47 Å². The zero-order chi connectivity index (χ0) is 22.7.